The molecule has 96 valence electrons. The molecule has 0 fully saturated rings. The summed E-state index contributed by atoms with van der Waals surface area (Å²) >= 11 is 1.65. The molecule has 0 radical (unpaired) electrons. The Bertz CT molecular complexity index is 454. The van der Waals surface area contributed by atoms with E-state index in [0.717, 1.165) is 25.9 Å². The van der Waals surface area contributed by atoms with Crippen molar-refractivity contribution in [1.82, 2.24) is 10.3 Å². The molecule has 1 heterocycles. The summed E-state index contributed by atoms with van der Waals surface area (Å²) in [6, 6.07) is 8.48. The molecular weight excluding hydrogens is 242 g/mol. The standard InChI is InChI=1S/C14H19N3S/c15-7-5-12-3-1-2-4-13(12)9-16-8-6-14-10-18-11-17-14/h1-4,10-11,16H,5-9,15H2. The minimum atomic E-state index is 0.704. The molecule has 18 heavy (non-hydrogen) atoms. The van der Waals surface area contributed by atoms with Crippen molar-refractivity contribution < 1.29 is 0 Å². The number of nitrogens with zero attached hydrogens (tertiary/aromatic N) is 1. The van der Waals surface area contributed by atoms with E-state index in [1.165, 1.54) is 16.8 Å². The summed E-state index contributed by atoms with van der Waals surface area (Å²) in [6.45, 7) is 2.57. The van der Waals surface area contributed by atoms with Gasteiger partial charge in [0, 0.05) is 24.9 Å². The SMILES string of the molecule is NCCc1ccccc1CNCCc1cscn1. The second kappa shape index (κ2) is 7.26. The van der Waals surface area contributed by atoms with E-state index in [4.69, 9.17) is 5.73 Å². The Kier molecular flexibility index (Phi) is 5.33. The molecule has 0 amide bonds. The van der Waals surface area contributed by atoms with Gasteiger partial charge in [-0.15, -0.1) is 11.3 Å². The highest BCUT2D eigenvalue weighted by molar-refractivity contribution is 7.07. The zero-order chi connectivity index (χ0) is 12.6. The van der Waals surface area contributed by atoms with E-state index >= 15 is 0 Å². The number of benzene rings is 1. The predicted molar refractivity (Wildman–Crippen MR) is 76.7 cm³/mol. The summed E-state index contributed by atoms with van der Waals surface area (Å²) in [5, 5.41) is 5.56. The van der Waals surface area contributed by atoms with Gasteiger partial charge in [-0.25, -0.2) is 4.98 Å². The normalized spacial score (nSPS) is 10.7. The lowest BCUT2D eigenvalue weighted by atomic mass is 10.0. The van der Waals surface area contributed by atoms with Crippen LogP contribution in [-0.2, 0) is 19.4 Å². The third-order valence-corrected chi connectivity index (χ3v) is 3.52. The number of nitrogens with two attached hydrogens (primary N) is 1. The number of thiazole rings is 1. The Morgan fingerprint density at radius 3 is 2.72 bits per heavy atom. The quantitative estimate of drug-likeness (QED) is 0.749. The Labute approximate surface area is 112 Å². The maximum absolute atomic E-state index is 5.62. The fraction of sp³-hybridized carbons (Fsp3) is 0.357. The summed E-state index contributed by atoms with van der Waals surface area (Å²) in [4.78, 5) is 4.27. The van der Waals surface area contributed by atoms with Gasteiger partial charge in [0.05, 0.1) is 11.2 Å². The third-order valence-electron chi connectivity index (χ3n) is 2.89. The molecule has 4 heteroatoms. The van der Waals surface area contributed by atoms with Gasteiger partial charge in [0.15, 0.2) is 0 Å². The summed E-state index contributed by atoms with van der Waals surface area (Å²) in [7, 11) is 0. The largest absolute Gasteiger partial charge is 0.330 e. The maximum atomic E-state index is 5.62. The molecule has 0 bridgehead atoms. The lowest BCUT2D eigenvalue weighted by Gasteiger charge is -2.09. The molecule has 3 N–H and O–H groups in total. The monoisotopic (exact) mass is 261 g/mol. The van der Waals surface area contributed by atoms with E-state index in [-0.39, 0.29) is 0 Å². The van der Waals surface area contributed by atoms with Gasteiger partial charge < -0.3 is 11.1 Å². The lowest BCUT2D eigenvalue weighted by molar-refractivity contribution is 0.676. The first kappa shape index (κ1) is 13.2. The molecule has 0 aliphatic heterocycles. The van der Waals surface area contributed by atoms with E-state index < -0.39 is 0 Å². The summed E-state index contributed by atoms with van der Waals surface area (Å²) in [6.07, 6.45) is 1.94. The van der Waals surface area contributed by atoms with Crippen molar-refractivity contribution in [2.75, 3.05) is 13.1 Å². The average Bonchev–Trinajstić information content (AvgIpc) is 2.90. The molecular formula is C14H19N3S. The highest BCUT2D eigenvalue weighted by Gasteiger charge is 2.00. The van der Waals surface area contributed by atoms with Crippen molar-refractivity contribution >= 4 is 11.3 Å². The summed E-state index contributed by atoms with van der Waals surface area (Å²) < 4.78 is 0. The fourth-order valence-electron chi connectivity index (χ4n) is 1.93. The van der Waals surface area contributed by atoms with Crippen molar-refractivity contribution in [2.24, 2.45) is 5.73 Å². The van der Waals surface area contributed by atoms with E-state index in [2.05, 4.69) is 39.9 Å². The summed E-state index contributed by atoms with van der Waals surface area (Å²) in [5.74, 6) is 0. The number of hydrogen-bond acceptors (Lipinski definition) is 4. The van der Waals surface area contributed by atoms with E-state index in [0.29, 0.717) is 6.54 Å². The smallest absolute Gasteiger partial charge is 0.0794 e. The average molecular weight is 261 g/mol. The van der Waals surface area contributed by atoms with Gasteiger partial charge in [-0.2, -0.15) is 0 Å². The van der Waals surface area contributed by atoms with Crippen LogP contribution in [0.5, 0.6) is 0 Å². The number of hydrogen-bond donors (Lipinski definition) is 2. The van der Waals surface area contributed by atoms with Crippen molar-refractivity contribution in [3.05, 3.63) is 52.0 Å². The van der Waals surface area contributed by atoms with Crippen LogP contribution < -0.4 is 11.1 Å². The Morgan fingerprint density at radius 2 is 2.00 bits per heavy atom. The van der Waals surface area contributed by atoms with Crippen molar-refractivity contribution in [2.45, 2.75) is 19.4 Å². The Hall–Kier alpha value is -1.23. The highest BCUT2D eigenvalue weighted by atomic mass is 32.1. The zero-order valence-corrected chi connectivity index (χ0v) is 11.2. The number of aromatic nitrogens is 1. The molecule has 0 atom stereocenters. The van der Waals surface area contributed by atoms with Crippen LogP contribution in [0.1, 0.15) is 16.8 Å². The molecule has 0 spiro atoms. The number of nitrogens with one attached hydrogen (secondary N) is 1. The first-order chi connectivity index (χ1) is 8.90. The number of rotatable bonds is 7. The Morgan fingerprint density at radius 1 is 1.17 bits per heavy atom. The molecule has 0 aliphatic carbocycles. The van der Waals surface area contributed by atoms with Gasteiger partial charge in [0.25, 0.3) is 0 Å². The molecule has 1 aromatic carbocycles. The van der Waals surface area contributed by atoms with Crippen molar-refractivity contribution in [1.29, 1.82) is 0 Å². The third kappa shape index (κ3) is 3.91. The topological polar surface area (TPSA) is 50.9 Å². The minimum Gasteiger partial charge on any atom is -0.330 e. The van der Waals surface area contributed by atoms with Gasteiger partial charge >= 0.3 is 0 Å². The van der Waals surface area contributed by atoms with Crippen LogP contribution in [0.4, 0.5) is 0 Å². The molecule has 2 rings (SSSR count). The minimum absolute atomic E-state index is 0.704. The van der Waals surface area contributed by atoms with E-state index in [1.54, 1.807) is 11.3 Å². The van der Waals surface area contributed by atoms with Crippen LogP contribution in [0.3, 0.4) is 0 Å². The second-order valence-electron chi connectivity index (χ2n) is 4.21. The molecule has 0 unspecified atom stereocenters. The Balaban J connectivity index is 1.79. The van der Waals surface area contributed by atoms with Crippen LogP contribution >= 0.6 is 11.3 Å². The van der Waals surface area contributed by atoms with Gasteiger partial charge in [-0.05, 0) is 24.1 Å². The first-order valence-electron chi connectivity index (χ1n) is 6.25. The molecule has 0 saturated carbocycles. The summed E-state index contributed by atoms with van der Waals surface area (Å²) in [5.41, 5.74) is 11.4. The van der Waals surface area contributed by atoms with Crippen LogP contribution in [-0.4, -0.2) is 18.1 Å². The fourth-order valence-corrected chi connectivity index (χ4v) is 2.52. The van der Waals surface area contributed by atoms with E-state index in [9.17, 15) is 0 Å². The zero-order valence-electron chi connectivity index (χ0n) is 10.4. The van der Waals surface area contributed by atoms with Crippen LogP contribution in [0, 0.1) is 0 Å². The molecule has 1 aromatic heterocycles. The van der Waals surface area contributed by atoms with Crippen molar-refractivity contribution in [3.63, 3.8) is 0 Å². The van der Waals surface area contributed by atoms with Gasteiger partial charge in [0.2, 0.25) is 0 Å². The second-order valence-corrected chi connectivity index (χ2v) is 4.93. The first-order valence-corrected chi connectivity index (χ1v) is 7.19. The molecule has 3 nitrogen and oxygen atoms in total. The van der Waals surface area contributed by atoms with Crippen LogP contribution in [0.15, 0.2) is 35.2 Å². The van der Waals surface area contributed by atoms with Gasteiger partial charge in [-0.1, -0.05) is 24.3 Å². The van der Waals surface area contributed by atoms with Crippen LogP contribution in [0.25, 0.3) is 0 Å². The van der Waals surface area contributed by atoms with Crippen LogP contribution in [0.2, 0.25) is 0 Å². The molecule has 0 saturated heterocycles. The predicted octanol–water partition coefficient (Wildman–Crippen LogP) is 1.98. The van der Waals surface area contributed by atoms with Gasteiger partial charge in [-0.3, -0.25) is 0 Å². The van der Waals surface area contributed by atoms with E-state index in [1.807, 2.05) is 5.51 Å². The molecule has 2 aromatic rings. The van der Waals surface area contributed by atoms with Crippen molar-refractivity contribution in [3.8, 4) is 0 Å². The highest BCUT2D eigenvalue weighted by Crippen LogP contribution is 2.09. The lowest BCUT2D eigenvalue weighted by Crippen LogP contribution is -2.18. The molecule has 0 aliphatic rings. The van der Waals surface area contributed by atoms with Gasteiger partial charge in [0.1, 0.15) is 0 Å². The maximum Gasteiger partial charge on any atom is 0.0794 e.